The average molecular weight is 178 g/mol. The van der Waals surface area contributed by atoms with Crippen LogP contribution in [-0.2, 0) is 6.42 Å². The van der Waals surface area contributed by atoms with E-state index in [4.69, 9.17) is 6.54 Å². The highest BCUT2D eigenvalue weighted by molar-refractivity contribution is 5.84. The first-order valence-corrected chi connectivity index (χ1v) is 4.19. The smallest absolute Gasteiger partial charge is 0.293 e. The molecule has 2 rings (SSSR count). The number of phenolic OH excluding ortho intramolecular Hbond substituents is 1. The lowest BCUT2D eigenvalue weighted by molar-refractivity contribution is 0.300. The first kappa shape index (κ1) is 6.97. The van der Waals surface area contributed by atoms with E-state index in [1.165, 1.54) is 0 Å². The molecule has 1 aromatic carbocycles. The standard InChI is InChI=1S/C10H11NO2/c12-4-3-7-6-11-10-2-1-8(13)5-9(7)10/h1-2,5-6,11-13H,3-4H2/i/hD. The van der Waals surface area contributed by atoms with Gasteiger partial charge in [-0.25, -0.2) is 0 Å². The molecule has 13 heavy (non-hydrogen) atoms. The fraction of sp³-hybridized carbons (Fsp3) is 0.200. The number of nitrogens with one attached hydrogen (secondary N) is 1. The third-order valence-electron chi connectivity index (χ3n) is 2.12. The minimum absolute atomic E-state index is 0.124. The molecule has 0 unspecified atom stereocenters. The molecule has 0 aliphatic rings. The number of hydrogen-bond donors (Lipinski definition) is 3. The number of aromatic amines is 1. The maximum absolute atomic E-state index is 8.84. The highest BCUT2D eigenvalue weighted by Gasteiger charge is 2.02. The van der Waals surface area contributed by atoms with Crippen LogP contribution in [0.3, 0.4) is 0 Å². The molecule has 0 saturated heterocycles. The molecule has 0 atom stereocenters. The SMILES string of the molecule is [2H]Oc1ccc2[nH]cc(CCO)c2c1. The van der Waals surface area contributed by atoms with Crippen molar-refractivity contribution in [2.24, 2.45) is 0 Å². The van der Waals surface area contributed by atoms with Crippen LogP contribution < -0.4 is 0 Å². The Morgan fingerprint density at radius 3 is 3.15 bits per heavy atom. The Kier molecular flexibility index (Phi) is 1.67. The van der Waals surface area contributed by atoms with Gasteiger partial charge in [0, 0.05) is 23.7 Å². The minimum atomic E-state index is 0.124. The molecule has 1 heterocycles. The molecule has 0 aliphatic carbocycles. The Morgan fingerprint density at radius 2 is 2.38 bits per heavy atom. The van der Waals surface area contributed by atoms with Gasteiger partial charge < -0.3 is 15.2 Å². The molecule has 1 aromatic heterocycles. The van der Waals surface area contributed by atoms with Gasteiger partial charge in [-0.3, -0.25) is 0 Å². The number of aromatic nitrogens is 1. The number of aliphatic hydroxyl groups excluding tert-OH is 1. The van der Waals surface area contributed by atoms with E-state index in [0.717, 1.165) is 16.5 Å². The second kappa shape index (κ2) is 3.11. The molecular weight excluding hydrogens is 166 g/mol. The Bertz CT molecular complexity index is 439. The van der Waals surface area contributed by atoms with Crippen molar-refractivity contribution in [2.75, 3.05) is 6.61 Å². The molecule has 0 spiro atoms. The Labute approximate surface area is 77.1 Å². The van der Waals surface area contributed by atoms with Crippen molar-refractivity contribution in [1.82, 2.24) is 4.98 Å². The van der Waals surface area contributed by atoms with Crippen molar-refractivity contribution >= 4 is 10.9 Å². The summed E-state index contributed by atoms with van der Waals surface area (Å²) in [4.78, 5) is 3.10. The van der Waals surface area contributed by atoms with Crippen LogP contribution in [0.25, 0.3) is 10.9 Å². The number of rotatable bonds is 3. The van der Waals surface area contributed by atoms with Crippen molar-refractivity contribution < 1.29 is 10.2 Å². The van der Waals surface area contributed by atoms with E-state index in [2.05, 4.69) is 10.1 Å². The lowest BCUT2D eigenvalue weighted by Gasteiger charge is -1.96. The van der Waals surface area contributed by atoms with E-state index < -0.39 is 0 Å². The third-order valence-corrected chi connectivity index (χ3v) is 2.12. The summed E-state index contributed by atoms with van der Waals surface area (Å²) in [6, 6.07) is 5.39. The van der Waals surface area contributed by atoms with Crippen LogP contribution in [0.2, 0.25) is 0 Å². The molecule has 2 aromatic rings. The van der Waals surface area contributed by atoms with Crippen LogP contribution >= 0.6 is 0 Å². The summed E-state index contributed by atoms with van der Waals surface area (Å²) in [6.07, 6.45) is 2.48. The van der Waals surface area contributed by atoms with Gasteiger partial charge in [-0.2, -0.15) is 0 Å². The zero-order valence-electron chi connectivity index (χ0n) is 8.08. The normalized spacial score (nSPS) is 11.6. The summed E-state index contributed by atoms with van der Waals surface area (Å²) in [5, 5.41) is 14.2. The average Bonchev–Trinajstić information content (AvgIpc) is 2.61. The van der Waals surface area contributed by atoms with Gasteiger partial charge in [0.15, 0.2) is 0 Å². The largest absolute Gasteiger partial charge is 0.508 e. The van der Waals surface area contributed by atoms with Crippen LogP contribution in [-0.4, -0.2) is 23.2 Å². The predicted molar refractivity (Wildman–Crippen MR) is 50.8 cm³/mol. The van der Waals surface area contributed by atoms with E-state index in [1.54, 1.807) is 12.1 Å². The predicted octanol–water partition coefficient (Wildman–Crippen LogP) is 1.41. The summed E-state index contributed by atoms with van der Waals surface area (Å²) in [5.74, 6) is 0.510. The quantitative estimate of drug-likeness (QED) is 0.665. The summed E-state index contributed by atoms with van der Waals surface area (Å²) in [7, 11) is 0. The number of hydrogen-bond acceptors (Lipinski definition) is 2. The maximum atomic E-state index is 8.84. The van der Waals surface area contributed by atoms with Crippen molar-refractivity contribution in [2.45, 2.75) is 6.42 Å². The molecule has 0 bridgehead atoms. The molecule has 3 N–H and O–H groups in total. The highest BCUT2D eigenvalue weighted by Crippen LogP contribution is 2.22. The number of benzene rings is 1. The van der Waals surface area contributed by atoms with Crippen LogP contribution in [0.1, 0.15) is 5.56 Å². The van der Waals surface area contributed by atoms with Gasteiger partial charge in [-0.15, -0.1) is 0 Å². The van der Waals surface area contributed by atoms with Crippen molar-refractivity contribution in [1.29, 1.82) is 1.43 Å². The summed E-state index contributed by atoms with van der Waals surface area (Å²) < 4.78 is 6.78. The van der Waals surface area contributed by atoms with Crippen LogP contribution in [0.5, 0.6) is 5.75 Å². The monoisotopic (exact) mass is 178 g/mol. The minimum Gasteiger partial charge on any atom is -0.508 e. The first-order valence-electron chi connectivity index (χ1n) is 4.60. The molecule has 68 valence electrons. The van der Waals surface area contributed by atoms with E-state index in [1.807, 2.05) is 12.3 Å². The van der Waals surface area contributed by atoms with Gasteiger partial charge in [0.25, 0.3) is 1.43 Å². The fourth-order valence-electron chi connectivity index (χ4n) is 1.48. The summed E-state index contributed by atoms with van der Waals surface area (Å²) in [5.41, 5.74) is 2.04. The third kappa shape index (κ3) is 1.38. The van der Waals surface area contributed by atoms with Crippen molar-refractivity contribution in [3.63, 3.8) is 0 Å². The molecular formula is C10H11NO2. The second-order valence-electron chi connectivity index (χ2n) is 2.99. The van der Waals surface area contributed by atoms with Crippen LogP contribution in [0, 0.1) is 0 Å². The number of aliphatic hydroxyl groups is 1. The topological polar surface area (TPSA) is 56.2 Å². The molecule has 0 fully saturated rings. The van der Waals surface area contributed by atoms with Gasteiger partial charge in [0.1, 0.15) is 5.75 Å². The summed E-state index contributed by atoms with van der Waals surface area (Å²) in [6.45, 7) is 0.124. The van der Waals surface area contributed by atoms with Crippen LogP contribution in [0.15, 0.2) is 24.4 Å². The number of aromatic hydroxyl groups is 1. The highest BCUT2D eigenvalue weighted by atomic mass is 16.3. The van der Waals surface area contributed by atoms with E-state index in [-0.39, 0.29) is 6.61 Å². The number of H-pyrrole nitrogens is 1. The van der Waals surface area contributed by atoms with E-state index in [9.17, 15) is 0 Å². The zero-order valence-corrected chi connectivity index (χ0v) is 7.08. The van der Waals surface area contributed by atoms with Gasteiger partial charge in [-0.05, 0) is 30.2 Å². The molecule has 0 radical (unpaired) electrons. The van der Waals surface area contributed by atoms with Crippen molar-refractivity contribution in [3.8, 4) is 5.75 Å². The Balaban J connectivity index is 2.52. The first-order chi connectivity index (χ1) is 6.85. The van der Waals surface area contributed by atoms with Gasteiger partial charge in [0.05, 0.1) is 0 Å². The lowest BCUT2D eigenvalue weighted by atomic mass is 10.1. The molecule has 3 heteroatoms. The second-order valence-corrected chi connectivity index (χ2v) is 2.99. The van der Waals surface area contributed by atoms with Gasteiger partial charge in [0.2, 0.25) is 0 Å². The molecule has 0 saturated carbocycles. The Morgan fingerprint density at radius 1 is 1.46 bits per heavy atom. The zero-order chi connectivity index (χ0) is 9.97. The maximum Gasteiger partial charge on any atom is 0.293 e. The molecule has 0 amide bonds. The summed E-state index contributed by atoms with van der Waals surface area (Å²) >= 11 is 0. The number of phenols is 1. The Hall–Kier alpha value is -1.48. The van der Waals surface area contributed by atoms with Crippen LogP contribution in [0.4, 0.5) is 0 Å². The van der Waals surface area contributed by atoms with Gasteiger partial charge in [-0.1, -0.05) is 0 Å². The molecule has 0 aliphatic heterocycles. The number of fused-ring (bicyclic) bond motifs is 1. The lowest BCUT2D eigenvalue weighted by Crippen LogP contribution is -1.87. The fourth-order valence-corrected chi connectivity index (χ4v) is 1.48. The van der Waals surface area contributed by atoms with E-state index in [0.29, 0.717) is 12.2 Å². The van der Waals surface area contributed by atoms with Gasteiger partial charge >= 0.3 is 0 Å². The molecule has 3 nitrogen and oxygen atoms in total. The van der Waals surface area contributed by atoms with Crippen molar-refractivity contribution in [3.05, 3.63) is 30.0 Å². The van der Waals surface area contributed by atoms with E-state index >= 15 is 0 Å².